The number of carbonyl (C=O) groups excluding carboxylic acids is 4. The largest absolute Gasteiger partial charge is 0.455 e. The maximum absolute atomic E-state index is 14.1. The molecule has 2 bridgehead atoms. The maximum atomic E-state index is 14.1. The third-order valence-electron chi connectivity index (χ3n) is 8.71. The van der Waals surface area contributed by atoms with Crippen LogP contribution < -0.4 is 5.32 Å². The Morgan fingerprint density at radius 2 is 1.93 bits per heavy atom. The quantitative estimate of drug-likeness (QED) is 0.256. The van der Waals surface area contributed by atoms with E-state index in [0.29, 0.717) is 24.8 Å². The molecule has 4 rings (SSSR count). The lowest BCUT2D eigenvalue weighted by molar-refractivity contribution is -0.161. The highest BCUT2D eigenvalue weighted by atomic mass is 16.6. The van der Waals surface area contributed by atoms with Gasteiger partial charge in [-0.15, -0.1) is 13.2 Å². The number of ether oxygens (including phenoxy) is 2. The van der Waals surface area contributed by atoms with Crippen molar-refractivity contribution in [2.24, 2.45) is 11.8 Å². The van der Waals surface area contributed by atoms with Gasteiger partial charge < -0.3 is 29.7 Å². The molecule has 3 amide bonds. The number of esters is 1. The molecule has 228 valence electrons. The summed E-state index contributed by atoms with van der Waals surface area (Å²) in [5.74, 6) is -3.33. The molecule has 10 nitrogen and oxygen atoms in total. The Hall–Kier alpha value is -3.50. The molecule has 1 aromatic carbocycles. The molecule has 3 aliphatic rings. The van der Waals surface area contributed by atoms with Crippen LogP contribution in [0.25, 0.3) is 0 Å². The lowest BCUT2D eigenvalue weighted by Gasteiger charge is -2.39. The van der Waals surface area contributed by atoms with Gasteiger partial charge in [0.25, 0.3) is 0 Å². The van der Waals surface area contributed by atoms with Crippen LogP contribution in [0.4, 0.5) is 0 Å². The van der Waals surface area contributed by atoms with Crippen LogP contribution in [-0.2, 0) is 28.7 Å². The predicted molar refractivity (Wildman–Crippen MR) is 156 cm³/mol. The smallest absolute Gasteiger partial charge is 0.313 e. The normalized spacial score (nSPS) is 27.4. The fraction of sp³-hybridized carbons (Fsp3) is 0.562. The van der Waals surface area contributed by atoms with Gasteiger partial charge in [0.05, 0.1) is 37.1 Å². The van der Waals surface area contributed by atoms with Crippen molar-refractivity contribution in [2.75, 3.05) is 19.7 Å². The number of benzene rings is 1. The van der Waals surface area contributed by atoms with Crippen LogP contribution in [0.15, 0.2) is 55.6 Å². The highest BCUT2D eigenvalue weighted by molar-refractivity contribution is 5.98. The van der Waals surface area contributed by atoms with E-state index >= 15 is 0 Å². The lowest BCUT2D eigenvalue weighted by atomic mass is 9.70. The minimum absolute atomic E-state index is 0.0629. The molecule has 0 radical (unpaired) electrons. The Morgan fingerprint density at radius 3 is 2.55 bits per heavy atom. The second-order valence-electron chi connectivity index (χ2n) is 11.7. The van der Waals surface area contributed by atoms with E-state index in [9.17, 15) is 24.3 Å². The molecular formula is C32H43N3O7. The van der Waals surface area contributed by atoms with Crippen molar-refractivity contribution in [3.63, 3.8) is 0 Å². The van der Waals surface area contributed by atoms with Gasteiger partial charge in [-0.25, -0.2) is 0 Å². The molecule has 3 heterocycles. The molecule has 10 heteroatoms. The Labute approximate surface area is 247 Å². The van der Waals surface area contributed by atoms with E-state index in [-0.39, 0.29) is 44.0 Å². The van der Waals surface area contributed by atoms with E-state index < -0.39 is 53.6 Å². The number of hydrogen-bond acceptors (Lipinski definition) is 7. The van der Waals surface area contributed by atoms with Crippen molar-refractivity contribution in [3.05, 3.63) is 61.2 Å². The summed E-state index contributed by atoms with van der Waals surface area (Å²) in [4.78, 5) is 57.5. The van der Waals surface area contributed by atoms with E-state index in [4.69, 9.17) is 9.47 Å². The van der Waals surface area contributed by atoms with Gasteiger partial charge >= 0.3 is 5.97 Å². The Balaban J connectivity index is 1.64. The maximum Gasteiger partial charge on any atom is 0.313 e. The summed E-state index contributed by atoms with van der Waals surface area (Å²) in [6.45, 7) is 12.9. The minimum atomic E-state index is -1.21. The predicted octanol–water partition coefficient (Wildman–Crippen LogP) is 2.53. The number of carbonyl (C=O) groups is 4. The first-order chi connectivity index (χ1) is 20.1. The molecule has 3 fully saturated rings. The first-order valence-electron chi connectivity index (χ1n) is 14.8. The molecule has 3 saturated heterocycles. The number of allylic oxidation sites excluding steroid dienone is 1. The van der Waals surface area contributed by atoms with Crippen LogP contribution in [0.5, 0.6) is 0 Å². The zero-order valence-electron chi connectivity index (χ0n) is 24.7. The van der Waals surface area contributed by atoms with Gasteiger partial charge in [-0.1, -0.05) is 42.5 Å². The van der Waals surface area contributed by atoms with Crippen molar-refractivity contribution in [3.8, 4) is 0 Å². The summed E-state index contributed by atoms with van der Waals surface area (Å²) in [5, 5.41) is 12.9. The fourth-order valence-electron chi connectivity index (χ4n) is 6.69. The number of nitrogens with one attached hydrogen (secondary N) is 1. The zero-order valence-corrected chi connectivity index (χ0v) is 24.7. The number of aliphatic hydroxyl groups excluding tert-OH is 1. The Morgan fingerprint density at radius 1 is 1.21 bits per heavy atom. The second-order valence-corrected chi connectivity index (χ2v) is 11.7. The average Bonchev–Trinajstić information content (AvgIpc) is 3.63. The molecular weight excluding hydrogens is 538 g/mol. The summed E-state index contributed by atoms with van der Waals surface area (Å²) in [6.07, 6.45) is 3.65. The van der Waals surface area contributed by atoms with Crippen molar-refractivity contribution in [1.29, 1.82) is 0 Å². The highest BCUT2D eigenvalue weighted by Crippen LogP contribution is 2.59. The van der Waals surface area contributed by atoms with Crippen LogP contribution in [0.2, 0.25) is 0 Å². The summed E-state index contributed by atoms with van der Waals surface area (Å²) in [5.41, 5.74) is -0.506. The van der Waals surface area contributed by atoms with Crippen LogP contribution in [-0.4, -0.2) is 88.1 Å². The number of fused-ring (bicyclic) bond motifs is 1. The second kappa shape index (κ2) is 13.2. The van der Waals surface area contributed by atoms with Crippen molar-refractivity contribution < 1.29 is 33.8 Å². The number of likely N-dealkylation sites (tertiary alicyclic amines) is 1. The lowest BCUT2D eigenvalue weighted by Crippen LogP contribution is -2.59. The Bertz CT molecular complexity index is 1190. The van der Waals surface area contributed by atoms with Crippen LogP contribution >= 0.6 is 0 Å². The molecule has 0 aliphatic carbocycles. The molecule has 3 aliphatic heterocycles. The van der Waals surface area contributed by atoms with E-state index in [2.05, 4.69) is 18.5 Å². The number of hydrogen-bond donors (Lipinski definition) is 2. The summed E-state index contributed by atoms with van der Waals surface area (Å²) in [6, 6.07) is 7.29. The van der Waals surface area contributed by atoms with E-state index in [1.807, 2.05) is 44.2 Å². The molecule has 1 spiro atoms. The van der Waals surface area contributed by atoms with Gasteiger partial charge in [-0.3, -0.25) is 19.2 Å². The molecule has 0 aromatic heterocycles. The van der Waals surface area contributed by atoms with Crippen molar-refractivity contribution in [2.45, 2.75) is 82.4 Å². The van der Waals surface area contributed by atoms with Gasteiger partial charge in [0.15, 0.2) is 0 Å². The SMILES string of the molecule is C=CCCC(=O)NC[C@H](OC(=O)[C@@H]1[C@H]2C(=O)N([C@H](C)CO)[C@H](C(=O)N(CC=C)C(C)C)[C@]23CC[C@H]1O3)c1ccccc1. The fourth-order valence-corrected chi connectivity index (χ4v) is 6.69. The first-order valence-corrected chi connectivity index (χ1v) is 14.8. The third kappa shape index (κ3) is 5.74. The van der Waals surface area contributed by atoms with Gasteiger partial charge in [-0.05, 0) is 45.6 Å². The molecule has 0 saturated carbocycles. The molecule has 1 aromatic rings. The van der Waals surface area contributed by atoms with E-state index in [1.54, 1.807) is 24.0 Å². The van der Waals surface area contributed by atoms with Gasteiger partial charge in [0, 0.05) is 19.0 Å². The minimum Gasteiger partial charge on any atom is -0.455 e. The van der Waals surface area contributed by atoms with Gasteiger partial charge in [-0.2, -0.15) is 0 Å². The number of amides is 3. The molecule has 0 unspecified atom stereocenters. The van der Waals surface area contributed by atoms with Gasteiger partial charge in [0.2, 0.25) is 17.7 Å². The van der Waals surface area contributed by atoms with E-state index in [1.165, 1.54) is 4.90 Å². The first kappa shape index (κ1) is 31.4. The number of nitrogens with zero attached hydrogens (tertiary/aromatic N) is 2. The third-order valence-corrected chi connectivity index (χ3v) is 8.71. The molecule has 7 atom stereocenters. The summed E-state index contributed by atoms with van der Waals surface area (Å²) in [7, 11) is 0. The number of rotatable bonds is 14. The zero-order chi connectivity index (χ0) is 30.6. The monoisotopic (exact) mass is 581 g/mol. The highest BCUT2D eigenvalue weighted by Gasteiger charge is 2.75. The van der Waals surface area contributed by atoms with Crippen LogP contribution in [0, 0.1) is 11.8 Å². The number of aliphatic hydroxyl groups is 1. The van der Waals surface area contributed by atoms with Crippen molar-refractivity contribution >= 4 is 23.7 Å². The topological polar surface area (TPSA) is 125 Å². The van der Waals surface area contributed by atoms with Crippen molar-refractivity contribution in [1.82, 2.24) is 15.1 Å². The summed E-state index contributed by atoms with van der Waals surface area (Å²) < 4.78 is 12.5. The van der Waals surface area contributed by atoms with Crippen LogP contribution in [0.3, 0.4) is 0 Å². The Kier molecular flexibility index (Phi) is 9.89. The van der Waals surface area contributed by atoms with Gasteiger partial charge in [0.1, 0.15) is 17.7 Å². The average molecular weight is 582 g/mol. The van der Waals surface area contributed by atoms with Crippen LogP contribution in [0.1, 0.15) is 58.1 Å². The molecule has 2 N–H and O–H groups in total. The standard InChI is InChI=1S/C32H43N3O7/c1-6-8-14-25(37)33-18-24(22-12-10-9-11-13-22)41-31(40)26-23-15-16-32(42-23)27(26)29(38)35(21(5)19-36)28(32)30(39)34(17-7-2)20(3)4/h6-7,9-13,20-21,23-24,26-28,36H,1-2,8,14-19H2,3-5H3,(H,33,37)/t21-,23-,24+,26+,27+,28-,32+/m1/s1. The molecule has 42 heavy (non-hydrogen) atoms. The van der Waals surface area contributed by atoms with E-state index in [0.717, 1.165) is 0 Å². The summed E-state index contributed by atoms with van der Waals surface area (Å²) >= 11 is 0.